The topological polar surface area (TPSA) is 15.3 Å². The van der Waals surface area contributed by atoms with Crippen molar-refractivity contribution in [3.63, 3.8) is 0 Å². The molecule has 0 radical (unpaired) electrons. The van der Waals surface area contributed by atoms with Crippen LogP contribution in [0.1, 0.15) is 41.0 Å². The molecule has 0 fully saturated rings. The van der Waals surface area contributed by atoms with Crippen molar-refractivity contribution in [3.05, 3.63) is 0 Å². The summed E-state index contributed by atoms with van der Waals surface area (Å²) in [6.45, 7) is 12.4. The fourth-order valence-corrected chi connectivity index (χ4v) is 1.65. The van der Waals surface area contributed by atoms with Crippen molar-refractivity contribution < 1.29 is 0 Å². The van der Waals surface area contributed by atoms with Gasteiger partial charge in [0.2, 0.25) is 0 Å². The second-order valence-electron chi connectivity index (χ2n) is 5.29. The normalized spacial score (nSPS) is 15.2. The number of hydrogen-bond donors (Lipinski definition) is 1. The van der Waals surface area contributed by atoms with Crippen LogP contribution >= 0.6 is 0 Å². The molecular weight excluding hydrogens is 172 g/mol. The van der Waals surface area contributed by atoms with Gasteiger partial charge in [-0.3, -0.25) is 0 Å². The molecule has 0 aliphatic heterocycles. The Hall–Kier alpha value is -0.0800. The van der Waals surface area contributed by atoms with E-state index in [1.54, 1.807) is 0 Å². The molecule has 86 valence electrons. The highest BCUT2D eigenvalue weighted by Crippen LogP contribution is 2.21. The van der Waals surface area contributed by atoms with Gasteiger partial charge in [0.05, 0.1) is 0 Å². The van der Waals surface area contributed by atoms with Gasteiger partial charge in [-0.1, -0.05) is 20.8 Å². The van der Waals surface area contributed by atoms with Crippen LogP contribution in [0.5, 0.6) is 0 Å². The molecule has 1 N–H and O–H groups in total. The average molecular weight is 200 g/mol. The van der Waals surface area contributed by atoms with Gasteiger partial charge in [0.1, 0.15) is 0 Å². The van der Waals surface area contributed by atoms with E-state index < -0.39 is 0 Å². The summed E-state index contributed by atoms with van der Waals surface area (Å²) < 4.78 is 0. The first-order chi connectivity index (χ1) is 6.32. The molecular formula is C12H28N2. The van der Waals surface area contributed by atoms with Crippen LogP contribution in [0.2, 0.25) is 0 Å². The molecule has 0 bridgehead atoms. The van der Waals surface area contributed by atoms with Crippen LogP contribution in [-0.2, 0) is 0 Å². The zero-order valence-electron chi connectivity index (χ0n) is 11.0. The number of rotatable bonds is 6. The van der Waals surface area contributed by atoms with Crippen molar-refractivity contribution >= 4 is 0 Å². The van der Waals surface area contributed by atoms with Crippen LogP contribution in [0, 0.1) is 5.92 Å². The summed E-state index contributed by atoms with van der Waals surface area (Å²) in [5.41, 5.74) is 0.222. The Morgan fingerprint density at radius 1 is 1.21 bits per heavy atom. The SMILES string of the molecule is CCNC(CC(C)C)C(C)(C)N(C)C. The Labute approximate surface area is 90.1 Å². The lowest BCUT2D eigenvalue weighted by molar-refractivity contribution is 0.125. The fraction of sp³-hybridized carbons (Fsp3) is 1.00. The third-order valence-corrected chi connectivity index (χ3v) is 3.16. The van der Waals surface area contributed by atoms with E-state index >= 15 is 0 Å². The van der Waals surface area contributed by atoms with Crippen molar-refractivity contribution in [3.8, 4) is 0 Å². The largest absolute Gasteiger partial charge is 0.312 e. The molecule has 0 saturated carbocycles. The molecule has 0 aliphatic rings. The van der Waals surface area contributed by atoms with Crippen LogP contribution < -0.4 is 5.32 Å². The quantitative estimate of drug-likeness (QED) is 0.708. The van der Waals surface area contributed by atoms with Gasteiger partial charge < -0.3 is 10.2 Å². The molecule has 0 heterocycles. The van der Waals surface area contributed by atoms with Gasteiger partial charge >= 0.3 is 0 Å². The maximum atomic E-state index is 3.59. The highest BCUT2D eigenvalue weighted by atomic mass is 15.2. The Morgan fingerprint density at radius 3 is 2.00 bits per heavy atom. The van der Waals surface area contributed by atoms with Gasteiger partial charge in [0.15, 0.2) is 0 Å². The van der Waals surface area contributed by atoms with E-state index in [1.807, 2.05) is 0 Å². The molecule has 1 atom stereocenters. The molecule has 0 aromatic rings. The van der Waals surface area contributed by atoms with Crippen molar-refractivity contribution in [2.24, 2.45) is 5.92 Å². The maximum Gasteiger partial charge on any atom is 0.0300 e. The summed E-state index contributed by atoms with van der Waals surface area (Å²) in [6, 6.07) is 0.572. The Bertz CT molecular complexity index is 150. The van der Waals surface area contributed by atoms with Crippen LogP contribution in [0.25, 0.3) is 0 Å². The molecule has 1 unspecified atom stereocenters. The number of nitrogens with zero attached hydrogens (tertiary/aromatic N) is 1. The zero-order chi connectivity index (χ0) is 11.4. The highest BCUT2D eigenvalue weighted by Gasteiger charge is 2.31. The Balaban J connectivity index is 4.45. The second-order valence-corrected chi connectivity index (χ2v) is 5.29. The van der Waals surface area contributed by atoms with Crippen LogP contribution in [0.4, 0.5) is 0 Å². The van der Waals surface area contributed by atoms with Gasteiger partial charge in [-0.05, 0) is 46.8 Å². The summed E-state index contributed by atoms with van der Waals surface area (Å²) in [6.07, 6.45) is 1.24. The molecule has 14 heavy (non-hydrogen) atoms. The highest BCUT2D eigenvalue weighted by molar-refractivity contribution is 4.91. The first kappa shape index (κ1) is 13.9. The van der Waals surface area contributed by atoms with E-state index in [0.717, 1.165) is 12.5 Å². The van der Waals surface area contributed by atoms with E-state index in [2.05, 4.69) is 58.9 Å². The molecule has 0 aromatic carbocycles. The number of nitrogens with one attached hydrogen (secondary N) is 1. The maximum absolute atomic E-state index is 3.59. The van der Waals surface area contributed by atoms with E-state index in [1.165, 1.54) is 6.42 Å². The monoisotopic (exact) mass is 200 g/mol. The minimum absolute atomic E-state index is 0.222. The Kier molecular flexibility index (Phi) is 5.68. The summed E-state index contributed by atoms with van der Waals surface area (Å²) in [5, 5.41) is 3.59. The van der Waals surface area contributed by atoms with Gasteiger partial charge in [-0.25, -0.2) is 0 Å². The molecule has 0 saturated heterocycles. The molecule has 0 aromatic heterocycles. The third kappa shape index (κ3) is 3.97. The minimum atomic E-state index is 0.222. The van der Waals surface area contributed by atoms with E-state index in [-0.39, 0.29) is 5.54 Å². The summed E-state index contributed by atoms with van der Waals surface area (Å²) in [4.78, 5) is 2.31. The summed E-state index contributed by atoms with van der Waals surface area (Å²) in [7, 11) is 4.31. The Morgan fingerprint density at radius 2 is 1.71 bits per heavy atom. The van der Waals surface area contributed by atoms with Gasteiger partial charge in [0, 0.05) is 11.6 Å². The number of hydrogen-bond acceptors (Lipinski definition) is 2. The van der Waals surface area contributed by atoms with Gasteiger partial charge in [0.25, 0.3) is 0 Å². The fourth-order valence-electron chi connectivity index (χ4n) is 1.65. The lowest BCUT2D eigenvalue weighted by Crippen LogP contribution is -2.55. The smallest absolute Gasteiger partial charge is 0.0300 e. The predicted molar refractivity (Wildman–Crippen MR) is 64.7 cm³/mol. The first-order valence-corrected chi connectivity index (χ1v) is 5.73. The summed E-state index contributed by atoms with van der Waals surface area (Å²) in [5.74, 6) is 0.748. The van der Waals surface area contributed by atoms with Crippen LogP contribution in [0.15, 0.2) is 0 Å². The standard InChI is InChI=1S/C12H28N2/c1-8-13-11(9-10(2)3)12(4,5)14(6)7/h10-11,13H,8-9H2,1-7H3. The molecule has 0 rings (SSSR count). The van der Waals surface area contributed by atoms with Crippen LogP contribution in [0.3, 0.4) is 0 Å². The zero-order valence-corrected chi connectivity index (χ0v) is 11.0. The van der Waals surface area contributed by atoms with Crippen molar-refractivity contribution in [1.82, 2.24) is 10.2 Å². The molecule has 2 nitrogen and oxygen atoms in total. The third-order valence-electron chi connectivity index (χ3n) is 3.16. The van der Waals surface area contributed by atoms with Gasteiger partial charge in [-0.2, -0.15) is 0 Å². The molecule has 2 heteroatoms. The minimum Gasteiger partial charge on any atom is -0.312 e. The predicted octanol–water partition coefficient (Wildman–Crippen LogP) is 2.35. The molecule has 0 amide bonds. The lowest BCUT2D eigenvalue weighted by Gasteiger charge is -2.41. The van der Waals surface area contributed by atoms with E-state index in [0.29, 0.717) is 6.04 Å². The van der Waals surface area contributed by atoms with E-state index in [9.17, 15) is 0 Å². The van der Waals surface area contributed by atoms with Crippen LogP contribution in [-0.4, -0.2) is 37.1 Å². The molecule has 0 spiro atoms. The number of likely N-dealkylation sites (N-methyl/N-ethyl adjacent to an activating group) is 2. The summed E-state index contributed by atoms with van der Waals surface area (Å²) >= 11 is 0. The van der Waals surface area contributed by atoms with E-state index in [4.69, 9.17) is 0 Å². The van der Waals surface area contributed by atoms with Crippen molar-refractivity contribution in [2.45, 2.75) is 52.6 Å². The second kappa shape index (κ2) is 5.72. The van der Waals surface area contributed by atoms with Gasteiger partial charge in [-0.15, -0.1) is 0 Å². The average Bonchev–Trinajstić information content (AvgIpc) is 2.02. The lowest BCUT2D eigenvalue weighted by atomic mass is 9.87. The first-order valence-electron chi connectivity index (χ1n) is 5.73. The van der Waals surface area contributed by atoms with Crippen molar-refractivity contribution in [2.75, 3.05) is 20.6 Å². The molecule has 0 aliphatic carbocycles. The van der Waals surface area contributed by atoms with Crippen molar-refractivity contribution in [1.29, 1.82) is 0 Å².